The van der Waals surface area contributed by atoms with Gasteiger partial charge in [-0.3, -0.25) is 14.9 Å². The molecule has 0 aliphatic carbocycles. The number of hydrogen-bond donors (Lipinski definition) is 1. The molecule has 1 heterocycles. The molecule has 0 bridgehead atoms. The SMILES string of the molecule is CN1CCC(CNC(=O)c2cc(Cl)ccc2[N+](=O)[O-])C1. The summed E-state index contributed by atoms with van der Waals surface area (Å²) in [6.07, 6.45) is 1.02. The van der Waals surface area contributed by atoms with E-state index in [-0.39, 0.29) is 11.3 Å². The molecule has 1 saturated heterocycles. The van der Waals surface area contributed by atoms with Crippen molar-refractivity contribution in [2.45, 2.75) is 6.42 Å². The second kappa shape index (κ2) is 6.19. The highest BCUT2D eigenvalue weighted by Gasteiger charge is 2.23. The molecule has 6 nitrogen and oxygen atoms in total. The lowest BCUT2D eigenvalue weighted by Gasteiger charge is -2.12. The molecule has 1 aliphatic rings. The topological polar surface area (TPSA) is 75.5 Å². The van der Waals surface area contributed by atoms with E-state index in [1.165, 1.54) is 18.2 Å². The summed E-state index contributed by atoms with van der Waals surface area (Å²) in [5.41, 5.74) is -0.218. The van der Waals surface area contributed by atoms with Crippen molar-refractivity contribution in [3.05, 3.63) is 38.9 Å². The first-order chi connectivity index (χ1) is 9.47. The van der Waals surface area contributed by atoms with E-state index in [9.17, 15) is 14.9 Å². The maximum atomic E-state index is 12.1. The first-order valence-corrected chi connectivity index (χ1v) is 6.76. The highest BCUT2D eigenvalue weighted by molar-refractivity contribution is 6.31. The fourth-order valence-corrected chi connectivity index (χ4v) is 2.55. The van der Waals surface area contributed by atoms with Crippen LogP contribution < -0.4 is 5.32 Å². The zero-order valence-corrected chi connectivity index (χ0v) is 11.9. The van der Waals surface area contributed by atoms with E-state index in [1.54, 1.807) is 0 Å². The molecule has 0 saturated carbocycles. The molecular formula is C13H16ClN3O3. The van der Waals surface area contributed by atoms with Gasteiger partial charge in [0.2, 0.25) is 0 Å². The molecule has 7 heteroatoms. The van der Waals surface area contributed by atoms with Crippen molar-refractivity contribution >= 4 is 23.2 Å². The number of halogens is 1. The summed E-state index contributed by atoms with van der Waals surface area (Å²) in [4.78, 5) is 24.6. The van der Waals surface area contributed by atoms with Gasteiger partial charge in [-0.1, -0.05) is 11.6 Å². The number of nitrogens with one attached hydrogen (secondary N) is 1. The Morgan fingerprint density at radius 2 is 2.35 bits per heavy atom. The van der Waals surface area contributed by atoms with Gasteiger partial charge in [-0.05, 0) is 38.1 Å². The zero-order chi connectivity index (χ0) is 14.7. The average Bonchev–Trinajstić information content (AvgIpc) is 2.81. The van der Waals surface area contributed by atoms with Gasteiger partial charge in [-0.25, -0.2) is 0 Å². The summed E-state index contributed by atoms with van der Waals surface area (Å²) in [5.74, 6) is -0.0593. The van der Waals surface area contributed by atoms with Crippen LogP contribution in [0.25, 0.3) is 0 Å². The van der Waals surface area contributed by atoms with E-state index >= 15 is 0 Å². The van der Waals surface area contributed by atoms with E-state index in [2.05, 4.69) is 10.2 Å². The second-order valence-electron chi connectivity index (χ2n) is 5.05. The lowest BCUT2D eigenvalue weighted by molar-refractivity contribution is -0.385. The van der Waals surface area contributed by atoms with Crippen LogP contribution in [0.4, 0.5) is 5.69 Å². The Labute approximate surface area is 121 Å². The molecule has 1 fully saturated rings. The number of nitro groups is 1. The van der Waals surface area contributed by atoms with Gasteiger partial charge >= 0.3 is 0 Å². The lowest BCUT2D eigenvalue weighted by atomic mass is 10.1. The van der Waals surface area contributed by atoms with Crippen molar-refractivity contribution in [1.82, 2.24) is 10.2 Å². The monoisotopic (exact) mass is 297 g/mol. The number of nitro benzene ring substituents is 1. The minimum Gasteiger partial charge on any atom is -0.351 e. The second-order valence-corrected chi connectivity index (χ2v) is 5.48. The molecule has 0 spiro atoms. The molecule has 1 aromatic carbocycles. The van der Waals surface area contributed by atoms with Crippen LogP contribution in [0.3, 0.4) is 0 Å². The molecule has 1 unspecified atom stereocenters. The molecule has 20 heavy (non-hydrogen) atoms. The lowest BCUT2D eigenvalue weighted by Crippen LogP contribution is -2.30. The molecule has 1 aromatic rings. The van der Waals surface area contributed by atoms with E-state index in [1.807, 2.05) is 7.05 Å². The van der Waals surface area contributed by atoms with Crippen LogP contribution in [0.5, 0.6) is 0 Å². The normalized spacial score (nSPS) is 19.0. The first-order valence-electron chi connectivity index (χ1n) is 6.38. The number of nitrogens with zero attached hydrogens (tertiary/aromatic N) is 2. The highest BCUT2D eigenvalue weighted by atomic mass is 35.5. The van der Waals surface area contributed by atoms with Gasteiger partial charge in [0, 0.05) is 24.2 Å². The van der Waals surface area contributed by atoms with Crippen molar-refractivity contribution in [3.8, 4) is 0 Å². The quantitative estimate of drug-likeness (QED) is 0.680. The number of rotatable bonds is 4. The fourth-order valence-electron chi connectivity index (χ4n) is 2.37. The summed E-state index contributed by atoms with van der Waals surface area (Å²) in [5, 5.41) is 14.0. The molecular weight excluding hydrogens is 282 g/mol. The van der Waals surface area contributed by atoms with Gasteiger partial charge in [0.1, 0.15) is 5.56 Å². The molecule has 0 aromatic heterocycles. The summed E-state index contributed by atoms with van der Waals surface area (Å²) in [7, 11) is 2.03. The Kier molecular flexibility index (Phi) is 4.57. The molecule has 1 aliphatic heterocycles. The minimum absolute atomic E-state index is 0.00820. The Bertz CT molecular complexity index is 536. The molecule has 108 valence electrons. The summed E-state index contributed by atoms with van der Waals surface area (Å²) < 4.78 is 0. The summed E-state index contributed by atoms with van der Waals surface area (Å²) >= 11 is 5.80. The molecule has 1 N–H and O–H groups in total. The smallest absolute Gasteiger partial charge is 0.282 e. The number of amides is 1. The fraction of sp³-hybridized carbons (Fsp3) is 0.462. The predicted molar refractivity (Wildman–Crippen MR) is 76.0 cm³/mol. The van der Waals surface area contributed by atoms with Crippen molar-refractivity contribution in [2.24, 2.45) is 5.92 Å². The third-order valence-electron chi connectivity index (χ3n) is 3.44. The summed E-state index contributed by atoms with van der Waals surface area (Å²) in [6.45, 7) is 2.46. The predicted octanol–water partition coefficient (Wildman–Crippen LogP) is 1.93. The van der Waals surface area contributed by atoms with Crippen LogP contribution in [0, 0.1) is 16.0 Å². The van der Waals surface area contributed by atoms with E-state index in [4.69, 9.17) is 11.6 Å². The number of benzene rings is 1. The van der Waals surface area contributed by atoms with Gasteiger partial charge in [0.05, 0.1) is 4.92 Å². The maximum absolute atomic E-state index is 12.1. The summed E-state index contributed by atoms with van der Waals surface area (Å²) in [6, 6.07) is 3.98. The van der Waals surface area contributed by atoms with E-state index < -0.39 is 10.8 Å². The third kappa shape index (κ3) is 3.46. The minimum atomic E-state index is -0.575. The highest BCUT2D eigenvalue weighted by Crippen LogP contribution is 2.23. The number of carbonyl (C=O) groups excluding carboxylic acids is 1. The van der Waals surface area contributed by atoms with Crippen molar-refractivity contribution < 1.29 is 9.72 Å². The molecule has 1 amide bonds. The van der Waals surface area contributed by atoms with Gasteiger partial charge in [0.15, 0.2) is 0 Å². The van der Waals surface area contributed by atoms with Gasteiger partial charge < -0.3 is 10.2 Å². The van der Waals surface area contributed by atoms with Crippen molar-refractivity contribution in [2.75, 3.05) is 26.7 Å². The van der Waals surface area contributed by atoms with Crippen LogP contribution >= 0.6 is 11.6 Å². The molecule has 0 radical (unpaired) electrons. The van der Waals surface area contributed by atoms with Crippen LogP contribution in [0.1, 0.15) is 16.8 Å². The van der Waals surface area contributed by atoms with Crippen LogP contribution in [0.15, 0.2) is 18.2 Å². The molecule has 1 atom stereocenters. The first kappa shape index (κ1) is 14.7. The Hall–Kier alpha value is -1.66. The zero-order valence-electron chi connectivity index (χ0n) is 11.1. The van der Waals surface area contributed by atoms with Gasteiger partial charge in [-0.15, -0.1) is 0 Å². The number of likely N-dealkylation sites (tertiary alicyclic amines) is 1. The van der Waals surface area contributed by atoms with Crippen molar-refractivity contribution in [3.63, 3.8) is 0 Å². The maximum Gasteiger partial charge on any atom is 0.282 e. The Balaban J connectivity index is 2.05. The standard InChI is InChI=1S/C13H16ClN3O3/c1-16-5-4-9(8-16)7-15-13(18)11-6-10(14)2-3-12(11)17(19)20/h2-3,6,9H,4-5,7-8H2,1H3,(H,15,18). The molecule has 2 rings (SSSR count). The van der Waals surface area contributed by atoms with E-state index in [0.29, 0.717) is 17.5 Å². The van der Waals surface area contributed by atoms with Gasteiger partial charge in [-0.2, -0.15) is 0 Å². The van der Waals surface area contributed by atoms with Crippen LogP contribution in [0.2, 0.25) is 5.02 Å². The Morgan fingerprint density at radius 1 is 1.60 bits per heavy atom. The number of hydrogen-bond acceptors (Lipinski definition) is 4. The largest absolute Gasteiger partial charge is 0.351 e. The van der Waals surface area contributed by atoms with Gasteiger partial charge in [0.25, 0.3) is 11.6 Å². The Morgan fingerprint density at radius 3 is 2.95 bits per heavy atom. The van der Waals surface area contributed by atoms with Crippen LogP contribution in [-0.2, 0) is 0 Å². The third-order valence-corrected chi connectivity index (χ3v) is 3.68. The van der Waals surface area contributed by atoms with E-state index in [0.717, 1.165) is 19.5 Å². The van der Waals surface area contributed by atoms with Crippen LogP contribution in [-0.4, -0.2) is 42.4 Å². The average molecular weight is 298 g/mol. The number of carbonyl (C=O) groups is 1. The van der Waals surface area contributed by atoms with Crippen molar-refractivity contribution in [1.29, 1.82) is 0 Å².